The number of alkyl halides is 3. The Morgan fingerprint density at radius 3 is 2.54 bits per heavy atom. The molecular weight excluding hydrogens is 938 g/mol. The minimum atomic E-state index is -4.61. The Kier molecular flexibility index (Phi) is 17.5. The Morgan fingerprint density at radius 2 is 1.90 bits per heavy atom. The van der Waals surface area contributed by atoms with Gasteiger partial charge in [0.25, 0.3) is 11.8 Å². The highest BCUT2D eigenvalue weighted by Crippen LogP contribution is 2.41. The molecule has 0 radical (unpaired) electrons. The van der Waals surface area contributed by atoms with Crippen LogP contribution in [0.2, 0.25) is 0 Å². The zero-order valence-corrected chi connectivity index (χ0v) is 43.6. The summed E-state index contributed by atoms with van der Waals surface area (Å²) < 4.78 is 63.2. The van der Waals surface area contributed by atoms with Crippen molar-refractivity contribution < 1.29 is 46.6 Å². The molecule has 0 aliphatic carbocycles. The summed E-state index contributed by atoms with van der Waals surface area (Å²) in [6.45, 7) is 18.5. The van der Waals surface area contributed by atoms with Crippen molar-refractivity contribution in [1.82, 2.24) is 35.1 Å². The van der Waals surface area contributed by atoms with Crippen LogP contribution in [0.1, 0.15) is 84.5 Å². The van der Waals surface area contributed by atoms with Crippen molar-refractivity contribution in [3.8, 4) is 23.1 Å². The lowest BCUT2D eigenvalue weighted by molar-refractivity contribution is -0.155. The molecule has 0 saturated carbocycles. The van der Waals surface area contributed by atoms with E-state index in [0.29, 0.717) is 69.9 Å². The predicted molar refractivity (Wildman–Crippen MR) is 269 cm³/mol. The standard InChI is InChI=1S/C52H69F3N8O7S/c1-13-35(45(56-14-2)32(5)68-12)46-37-24-50(6,7)30-70-49(67)39-16-15-21-63(59-39)48(66)40(23-43-57-41(28-71-43)33-17-18-42(36(37)22-33)62(46)29-52(53,54)55)58-47(65)38(31(3)4)27-69-34-25-61(26-34)44(64)19-20-51(8,9)60(10)11/h13-14,17-18,22,28,31-32,34,38-40,59H,1,15-16,21,23-27,29-30H2,2-12H3,(H,58,65)/b45-35+,56-14-/t32-,38-,39-,40-/m0/s1. The topological polar surface area (TPSA) is 160 Å². The number of carbonyl (C=O) groups excluding carboxylic acids is 4. The number of allylic oxidation sites excluding steroid dienone is 2. The highest BCUT2D eigenvalue weighted by molar-refractivity contribution is 7.10. The SMILES string of the molecule is C=C/C(=C(\N=C/C)[C@H](C)OC)c1c2c3cc(ccc3n1CC(F)(F)F)-c1csc(n1)C[C@H](NC(=O)[C@@H](COC1CN(C(=O)C#CC(C)(C)N(C)C)C1)C(C)C)C(=O)N1CCC[C@H](N1)C(=O)OCC(C)(C)C2. The molecule has 2 fully saturated rings. The van der Waals surface area contributed by atoms with Crippen LogP contribution in [0.15, 0.2) is 46.9 Å². The van der Waals surface area contributed by atoms with Gasteiger partial charge in [-0.3, -0.25) is 34.1 Å². The molecule has 3 aliphatic rings. The third-order valence-electron chi connectivity index (χ3n) is 13.5. The molecule has 71 heavy (non-hydrogen) atoms. The van der Waals surface area contributed by atoms with Gasteiger partial charge in [0, 0.05) is 72.2 Å². The van der Waals surface area contributed by atoms with Crippen molar-refractivity contribution >= 4 is 57.7 Å². The fraction of sp³-hybridized carbons (Fsp3) is 0.577. The highest BCUT2D eigenvalue weighted by atomic mass is 32.1. The van der Waals surface area contributed by atoms with Crippen LogP contribution < -0.4 is 10.7 Å². The number of likely N-dealkylation sites (tertiary alicyclic amines) is 1. The first kappa shape index (κ1) is 54.9. The molecule has 3 aromatic rings. The van der Waals surface area contributed by atoms with E-state index < -0.39 is 65.6 Å². The van der Waals surface area contributed by atoms with Gasteiger partial charge < -0.3 is 29.0 Å². The third-order valence-corrected chi connectivity index (χ3v) is 14.3. The van der Waals surface area contributed by atoms with Gasteiger partial charge in [-0.25, -0.2) is 10.4 Å². The fourth-order valence-corrected chi connectivity index (χ4v) is 9.54. The summed E-state index contributed by atoms with van der Waals surface area (Å²) in [6, 6.07) is 3.18. The normalized spacial score (nSPS) is 20.5. The molecule has 6 rings (SSSR count). The van der Waals surface area contributed by atoms with Crippen LogP contribution in [-0.4, -0.2) is 144 Å². The smallest absolute Gasteiger partial charge is 0.406 e. The van der Waals surface area contributed by atoms with Crippen LogP contribution in [0.25, 0.3) is 27.7 Å². The first-order valence-electron chi connectivity index (χ1n) is 24.1. The van der Waals surface area contributed by atoms with E-state index in [9.17, 15) is 32.3 Å². The van der Waals surface area contributed by atoms with Gasteiger partial charge in [0.1, 0.15) is 18.6 Å². The average molecular weight is 1010 g/mol. The van der Waals surface area contributed by atoms with Gasteiger partial charge in [0.15, 0.2) is 0 Å². The number of halogens is 3. The zero-order valence-electron chi connectivity index (χ0n) is 42.8. The second-order valence-electron chi connectivity index (χ2n) is 20.4. The van der Waals surface area contributed by atoms with E-state index in [1.54, 1.807) is 37.1 Å². The average Bonchev–Trinajstić information content (AvgIpc) is 3.88. The molecule has 5 heterocycles. The molecule has 2 saturated heterocycles. The van der Waals surface area contributed by atoms with E-state index in [2.05, 4.69) is 34.2 Å². The number of hydrogen-bond donors (Lipinski definition) is 2. The number of esters is 1. The molecule has 4 atom stereocenters. The Morgan fingerprint density at radius 1 is 1.18 bits per heavy atom. The Hall–Kier alpha value is -5.39. The second-order valence-corrected chi connectivity index (χ2v) is 21.3. The second kappa shape index (κ2) is 22.6. The lowest BCUT2D eigenvalue weighted by atomic mass is 9.84. The van der Waals surface area contributed by atoms with Gasteiger partial charge in [-0.2, -0.15) is 13.2 Å². The van der Waals surface area contributed by atoms with Crippen LogP contribution in [0.5, 0.6) is 0 Å². The number of methoxy groups -OCH3 is 1. The number of carbonyl (C=O) groups is 4. The number of hydrazine groups is 1. The molecule has 3 amide bonds. The lowest BCUT2D eigenvalue weighted by Crippen LogP contribution is -2.61. The quantitative estimate of drug-likeness (QED) is 0.0804. The van der Waals surface area contributed by atoms with Gasteiger partial charge in [-0.05, 0) is 90.6 Å². The summed E-state index contributed by atoms with van der Waals surface area (Å²) in [7, 11) is 5.29. The number of cyclic esters (lactones) is 1. The molecule has 2 N–H and O–H groups in total. The number of ether oxygens (including phenoxy) is 3. The molecule has 19 heteroatoms. The Balaban J connectivity index is 1.36. The third kappa shape index (κ3) is 13.2. The number of hydrogen-bond acceptors (Lipinski definition) is 12. The van der Waals surface area contributed by atoms with Crippen LogP contribution in [0.4, 0.5) is 13.2 Å². The van der Waals surface area contributed by atoms with Crippen LogP contribution >= 0.6 is 11.3 Å². The van der Waals surface area contributed by atoms with Crippen LogP contribution in [0.3, 0.4) is 0 Å². The molecule has 0 spiro atoms. The number of nitrogens with one attached hydrogen (secondary N) is 2. The Bertz CT molecular complexity index is 2600. The van der Waals surface area contributed by atoms with E-state index in [1.165, 1.54) is 34.1 Å². The Labute approximate surface area is 419 Å². The number of aromatic nitrogens is 2. The summed E-state index contributed by atoms with van der Waals surface area (Å²) >= 11 is 1.29. The maximum atomic E-state index is 14.7. The van der Waals surface area contributed by atoms with Gasteiger partial charge in [-0.15, -0.1) is 11.3 Å². The van der Waals surface area contributed by atoms with Crippen molar-refractivity contribution in [3.63, 3.8) is 0 Å². The predicted octanol–water partition coefficient (Wildman–Crippen LogP) is 6.84. The number of nitrogens with zero attached hydrogens (tertiary/aromatic N) is 6. The maximum absolute atomic E-state index is 14.7. The van der Waals surface area contributed by atoms with E-state index in [-0.39, 0.29) is 56.2 Å². The van der Waals surface area contributed by atoms with Gasteiger partial charge in [0.05, 0.1) is 59.0 Å². The molecule has 6 bridgehead atoms. The summed E-state index contributed by atoms with van der Waals surface area (Å²) in [6.07, 6.45) is -1.44. The maximum Gasteiger partial charge on any atom is 0.406 e. The molecule has 2 aromatic heterocycles. The first-order valence-corrected chi connectivity index (χ1v) is 25.0. The molecular formula is C52H69F3N8O7S. The minimum Gasteiger partial charge on any atom is -0.464 e. The number of rotatable bonds is 13. The van der Waals surface area contributed by atoms with E-state index in [4.69, 9.17) is 19.2 Å². The van der Waals surface area contributed by atoms with Gasteiger partial charge in [0.2, 0.25) is 5.91 Å². The van der Waals surface area contributed by atoms with Crippen LogP contribution in [-0.2, 0) is 52.8 Å². The van der Waals surface area contributed by atoms with Gasteiger partial charge >= 0.3 is 12.1 Å². The molecule has 0 unspecified atom stereocenters. The van der Waals surface area contributed by atoms with Crippen LogP contribution in [0, 0.1) is 29.1 Å². The largest absolute Gasteiger partial charge is 0.464 e. The number of aliphatic imine (C=N–C) groups is 1. The minimum absolute atomic E-state index is 0.000740. The summed E-state index contributed by atoms with van der Waals surface area (Å²) in [5, 5.41) is 7.24. The van der Waals surface area contributed by atoms with E-state index >= 15 is 0 Å². The number of fused-ring (bicyclic) bond motifs is 6. The number of amides is 3. The van der Waals surface area contributed by atoms with Crippen molar-refractivity contribution in [1.29, 1.82) is 0 Å². The lowest BCUT2D eigenvalue weighted by Gasteiger charge is -2.38. The first-order chi connectivity index (χ1) is 33.4. The molecule has 386 valence electrons. The molecule has 1 aromatic carbocycles. The molecule has 15 nitrogen and oxygen atoms in total. The number of benzene rings is 1. The summed E-state index contributed by atoms with van der Waals surface area (Å²) in [5.41, 5.74) is 4.83. The monoisotopic (exact) mass is 1010 g/mol. The van der Waals surface area contributed by atoms with Crippen molar-refractivity contribution in [2.45, 2.75) is 124 Å². The fourth-order valence-electron chi connectivity index (χ4n) is 8.69. The highest BCUT2D eigenvalue weighted by Gasteiger charge is 2.39. The van der Waals surface area contributed by atoms with Gasteiger partial charge in [-0.1, -0.05) is 52.3 Å². The summed E-state index contributed by atoms with van der Waals surface area (Å²) in [5.74, 6) is 3.13. The number of thiazole rings is 1. The van der Waals surface area contributed by atoms with Crippen molar-refractivity contribution in [3.05, 3.63) is 58.2 Å². The van der Waals surface area contributed by atoms with E-state index in [1.807, 2.05) is 72.0 Å². The molecule has 3 aliphatic heterocycles. The van der Waals surface area contributed by atoms with Crippen molar-refractivity contribution in [2.75, 3.05) is 54.1 Å². The summed E-state index contributed by atoms with van der Waals surface area (Å²) in [4.78, 5) is 68.6. The van der Waals surface area contributed by atoms with E-state index in [0.717, 1.165) is 0 Å². The zero-order chi connectivity index (χ0) is 52.2. The van der Waals surface area contributed by atoms with Crippen molar-refractivity contribution in [2.24, 2.45) is 22.2 Å².